The van der Waals surface area contributed by atoms with Gasteiger partial charge in [0.15, 0.2) is 0 Å². The summed E-state index contributed by atoms with van der Waals surface area (Å²) in [5.41, 5.74) is 2.76. The number of benzene rings is 2. The first-order valence-corrected chi connectivity index (χ1v) is 9.32. The van der Waals surface area contributed by atoms with Gasteiger partial charge in [0, 0.05) is 13.0 Å². The van der Waals surface area contributed by atoms with Crippen molar-refractivity contribution in [2.75, 3.05) is 6.54 Å². The Balaban J connectivity index is 1.48. The van der Waals surface area contributed by atoms with Crippen LogP contribution < -0.4 is 5.56 Å². The van der Waals surface area contributed by atoms with Crippen LogP contribution in [0.5, 0.6) is 0 Å². The first-order valence-electron chi connectivity index (χ1n) is 9.32. The summed E-state index contributed by atoms with van der Waals surface area (Å²) in [6.07, 6.45) is 2.22. The fourth-order valence-corrected chi connectivity index (χ4v) is 3.72. The molecule has 2 heterocycles. The van der Waals surface area contributed by atoms with Crippen LogP contribution >= 0.6 is 0 Å². The number of hydrogen-bond acceptors (Lipinski definition) is 4. The lowest BCUT2D eigenvalue weighted by Gasteiger charge is -2.25. The number of carbonyl (C=O) groups excluding carboxylic acids is 1. The Morgan fingerprint density at radius 1 is 1.15 bits per heavy atom. The van der Waals surface area contributed by atoms with Crippen LogP contribution in [0, 0.1) is 6.92 Å². The van der Waals surface area contributed by atoms with E-state index in [1.807, 2.05) is 11.0 Å². The molecule has 3 aromatic rings. The molecule has 2 aromatic carbocycles. The predicted molar refractivity (Wildman–Crippen MR) is 103 cm³/mol. The molecule has 1 aliphatic rings. The molecule has 0 spiro atoms. The van der Waals surface area contributed by atoms with E-state index < -0.39 is 0 Å². The van der Waals surface area contributed by atoms with E-state index in [1.165, 1.54) is 15.8 Å². The molecule has 27 heavy (non-hydrogen) atoms. The van der Waals surface area contributed by atoms with Crippen molar-refractivity contribution in [3.05, 3.63) is 70.0 Å². The van der Waals surface area contributed by atoms with Gasteiger partial charge < -0.3 is 4.90 Å². The predicted octanol–water partition coefficient (Wildman–Crippen LogP) is 2.85. The molecule has 0 saturated carbocycles. The Bertz CT molecular complexity index is 1030. The zero-order valence-corrected chi connectivity index (χ0v) is 15.3. The maximum atomic E-state index is 12.8. The quantitative estimate of drug-likeness (QED) is 0.716. The van der Waals surface area contributed by atoms with E-state index in [9.17, 15) is 9.59 Å². The maximum absolute atomic E-state index is 12.8. The van der Waals surface area contributed by atoms with Crippen molar-refractivity contribution in [2.45, 2.75) is 38.8 Å². The number of amides is 1. The van der Waals surface area contributed by atoms with Crippen molar-refractivity contribution >= 4 is 16.8 Å². The van der Waals surface area contributed by atoms with Crippen LogP contribution in [0.25, 0.3) is 10.9 Å². The molecule has 1 fully saturated rings. The van der Waals surface area contributed by atoms with Crippen LogP contribution in [0.2, 0.25) is 0 Å². The number of rotatable bonds is 4. The third-order valence-corrected chi connectivity index (χ3v) is 5.20. The van der Waals surface area contributed by atoms with Crippen LogP contribution in [0.1, 0.15) is 36.4 Å². The molecule has 0 N–H and O–H groups in total. The van der Waals surface area contributed by atoms with Crippen LogP contribution in [-0.4, -0.2) is 32.3 Å². The Labute approximate surface area is 157 Å². The topological polar surface area (TPSA) is 68.1 Å². The lowest BCUT2D eigenvalue weighted by atomic mass is 10.0. The minimum Gasteiger partial charge on any atom is -0.336 e. The molecule has 1 saturated heterocycles. The zero-order valence-electron chi connectivity index (χ0n) is 15.3. The van der Waals surface area contributed by atoms with Gasteiger partial charge in [-0.15, -0.1) is 5.10 Å². The molecule has 1 unspecified atom stereocenters. The van der Waals surface area contributed by atoms with Crippen molar-refractivity contribution in [3.63, 3.8) is 0 Å². The maximum Gasteiger partial charge on any atom is 0.277 e. The summed E-state index contributed by atoms with van der Waals surface area (Å²) in [5, 5.41) is 8.58. The van der Waals surface area contributed by atoms with E-state index in [-0.39, 0.29) is 30.5 Å². The fourth-order valence-electron chi connectivity index (χ4n) is 3.72. The summed E-state index contributed by atoms with van der Waals surface area (Å²) in [7, 11) is 0. The summed E-state index contributed by atoms with van der Waals surface area (Å²) >= 11 is 0. The molecule has 0 bridgehead atoms. The molecule has 0 radical (unpaired) electrons. The number of likely N-dealkylation sites (tertiary alicyclic amines) is 1. The molecular formula is C21H22N4O2. The van der Waals surface area contributed by atoms with E-state index in [4.69, 9.17) is 0 Å². The largest absolute Gasteiger partial charge is 0.336 e. The molecule has 6 nitrogen and oxygen atoms in total. The lowest BCUT2D eigenvalue weighted by Crippen LogP contribution is -2.33. The highest BCUT2D eigenvalue weighted by Gasteiger charge is 2.29. The van der Waals surface area contributed by atoms with Crippen molar-refractivity contribution < 1.29 is 4.79 Å². The molecule has 1 atom stereocenters. The van der Waals surface area contributed by atoms with Gasteiger partial charge in [0.1, 0.15) is 5.52 Å². The summed E-state index contributed by atoms with van der Waals surface area (Å²) in [4.78, 5) is 27.3. The second kappa shape index (κ2) is 7.31. The Morgan fingerprint density at radius 3 is 2.74 bits per heavy atom. The first-order chi connectivity index (χ1) is 13.1. The molecule has 0 aliphatic carbocycles. The van der Waals surface area contributed by atoms with Crippen molar-refractivity contribution in [1.82, 2.24) is 19.9 Å². The third-order valence-electron chi connectivity index (χ3n) is 5.20. The smallest absolute Gasteiger partial charge is 0.277 e. The monoisotopic (exact) mass is 362 g/mol. The van der Waals surface area contributed by atoms with E-state index in [2.05, 4.69) is 41.5 Å². The van der Waals surface area contributed by atoms with Gasteiger partial charge in [-0.3, -0.25) is 9.59 Å². The summed E-state index contributed by atoms with van der Waals surface area (Å²) in [5.74, 6) is 0.0555. The van der Waals surface area contributed by atoms with Gasteiger partial charge in [0.25, 0.3) is 5.56 Å². The highest BCUT2D eigenvalue weighted by molar-refractivity contribution is 5.77. The summed E-state index contributed by atoms with van der Waals surface area (Å²) in [6, 6.07) is 15.6. The van der Waals surface area contributed by atoms with Gasteiger partial charge in [-0.25, -0.2) is 4.68 Å². The fraction of sp³-hybridized carbons (Fsp3) is 0.333. The number of nitrogens with zero attached hydrogens (tertiary/aromatic N) is 4. The van der Waals surface area contributed by atoms with Crippen LogP contribution in [0.15, 0.2) is 53.3 Å². The standard InChI is InChI=1S/C21H22N4O2/c1-15-8-10-16(11-9-15)19-7-4-13-24(19)20(26)12-14-25-21(27)17-5-2-3-6-18(17)22-23-25/h2-3,5-6,8-11,19H,4,7,12-14H2,1H3. The number of fused-ring (bicyclic) bond motifs is 1. The van der Waals surface area contributed by atoms with Crippen LogP contribution in [-0.2, 0) is 11.3 Å². The van der Waals surface area contributed by atoms with E-state index >= 15 is 0 Å². The van der Waals surface area contributed by atoms with Gasteiger partial charge >= 0.3 is 0 Å². The average Bonchev–Trinajstić information content (AvgIpc) is 3.18. The SMILES string of the molecule is Cc1ccc(C2CCCN2C(=O)CCn2nnc3ccccc3c2=O)cc1. The molecule has 1 amide bonds. The van der Waals surface area contributed by atoms with Gasteiger partial charge in [-0.2, -0.15) is 0 Å². The highest BCUT2D eigenvalue weighted by Crippen LogP contribution is 2.32. The van der Waals surface area contributed by atoms with Gasteiger partial charge in [0.2, 0.25) is 5.91 Å². The van der Waals surface area contributed by atoms with Gasteiger partial charge in [0.05, 0.1) is 18.0 Å². The first kappa shape index (κ1) is 17.4. The Morgan fingerprint density at radius 2 is 1.93 bits per heavy atom. The van der Waals surface area contributed by atoms with E-state index in [1.54, 1.807) is 18.2 Å². The average molecular weight is 362 g/mol. The number of carbonyl (C=O) groups is 1. The van der Waals surface area contributed by atoms with E-state index in [0.717, 1.165) is 19.4 Å². The van der Waals surface area contributed by atoms with Crippen molar-refractivity contribution in [2.24, 2.45) is 0 Å². The van der Waals surface area contributed by atoms with Gasteiger partial charge in [-0.1, -0.05) is 47.2 Å². The molecule has 1 aliphatic heterocycles. The van der Waals surface area contributed by atoms with Crippen molar-refractivity contribution in [1.29, 1.82) is 0 Å². The normalized spacial score (nSPS) is 16.8. The van der Waals surface area contributed by atoms with Crippen LogP contribution in [0.3, 0.4) is 0 Å². The molecule has 4 rings (SSSR count). The third kappa shape index (κ3) is 3.47. The number of hydrogen-bond donors (Lipinski definition) is 0. The molecule has 6 heteroatoms. The summed E-state index contributed by atoms with van der Waals surface area (Å²) < 4.78 is 1.29. The van der Waals surface area contributed by atoms with Gasteiger partial charge in [-0.05, 0) is 37.5 Å². The number of aromatic nitrogens is 3. The minimum atomic E-state index is -0.204. The highest BCUT2D eigenvalue weighted by atomic mass is 16.2. The zero-order chi connectivity index (χ0) is 18.8. The molecule has 138 valence electrons. The summed E-state index contributed by atoms with van der Waals surface area (Å²) in [6.45, 7) is 3.06. The second-order valence-corrected chi connectivity index (χ2v) is 7.04. The minimum absolute atomic E-state index is 0.0555. The lowest BCUT2D eigenvalue weighted by molar-refractivity contribution is -0.132. The Kier molecular flexibility index (Phi) is 4.71. The van der Waals surface area contributed by atoms with E-state index in [0.29, 0.717) is 10.9 Å². The number of aryl methyl sites for hydroxylation is 2. The Hall–Kier alpha value is -3.02. The molecular weight excluding hydrogens is 340 g/mol. The second-order valence-electron chi connectivity index (χ2n) is 7.04. The van der Waals surface area contributed by atoms with Crippen molar-refractivity contribution in [3.8, 4) is 0 Å². The molecule has 1 aromatic heterocycles. The van der Waals surface area contributed by atoms with Crippen LogP contribution in [0.4, 0.5) is 0 Å².